The largest absolute Gasteiger partial charge is 0.471 e. The first-order valence-corrected chi connectivity index (χ1v) is 15.5. The number of aliphatic hydroxyl groups excluding tert-OH is 1. The smallest absolute Gasteiger partial charge is 0.246 e. The number of benzene rings is 1. The van der Waals surface area contributed by atoms with E-state index in [9.17, 15) is 9.90 Å². The van der Waals surface area contributed by atoms with Crippen LogP contribution in [0.5, 0.6) is 5.88 Å². The molecule has 6 rings (SSSR count). The molecule has 1 spiro atoms. The van der Waals surface area contributed by atoms with E-state index < -0.39 is 12.1 Å². The van der Waals surface area contributed by atoms with Crippen LogP contribution in [0.15, 0.2) is 48.1 Å². The topological polar surface area (TPSA) is 106 Å². The number of nitrogens with zero attached hydrogens (tertiary/aromatic N) is 2. The molecule has 218 valence electrons. The lowest BCUT2D eigenvalue weighted by Crippen LogP contribution is -2.52. The Balaban J connectivity index is 1.19. The first-order chi connectivity index (χ1) is 19.7. The van der Waals surface area contributed by atoms with Crippen molar-refractivity contribution in [2.24, 2.45) is 5.41 Å². The number of fused-ring (bicyclic) bond motifs is 1. The third kappa shape index (κ3) is 6.18. The van der Waals surface area contributed by atoms with E-state index in [4.69, 9.17) is 14.5 Å². The summed E-state index contributed by atoms with van der Waals surface area (Å²) < 4.78 is 11.5. The predicted molar refractivity (Wildman–Crippen MR) is 159 cm³/mol. The Kier molecular flexibility index (Phi) is 7.89. The Hall–Kier alpha value is -2.85. The number of carbonyl (C=O) groups excluding carboxylic acids is 1. The number of hydrogen-bond acceptors (Lipinski definition) is 8. The standard InChI is InChI=1S/C32H40N4O4S/c1-31(2)15-24(31)22-14-23-26(16-32(8-5-9-32)40-29(23)35-17-22)34-18-27(37)25(36-28(38)19-39-3)13-20-6-4-7-21(12-20)30-33-10-11-41-30/h4,6-7,10-12,14,17,24-27,34,37H,5,8-9,13,15-16,18-19H2,1-3H3,(H,36,38)/t24?,25?,26-,27+/m0/s1. The summed E-state index contributed by atoms with van der Waals surface area (Å²) in [5.41, 5.74) is 4.52. The normalized spacial score (nSPS) is 23.1. The van der Waals surface area contributed by atoms with Gasteiger partial charge in [-0.25, -0.2) is 9.97 Å². The van der Waals surface area contributed by atoms with E-state index in [1.807, 2.05) is 29.8 Å². The van der Waals surface area contributed by atoms with Crippen molar-refractivity contribution >= 4 is 17.2 Å². The lowest BCUT2D eigenvalue weighted by molar-refractivity contribution is -0.126. The molecule has 3 aliphatic rings. The van der Waals surface area contributed by atoms with Gasteiger partial charge in [0.25, 0.3) is 0 Å². The van der Waals surface area contributed by atoms with Gasteiger partial charge in [-0.3, -0.25) is 4.79 Å². The number of hydrogen-bond donors (Lipinski definition) is 3. The van der Waals surface area contributed by atoms with Crippen molar-refractivity contribution in [1.82, 2.24) is 20.6 Å². The quantitative estimate of drug-likeness (QED) is 0.301. The molecule has 1 amide bonds. The maximum atomic E-state index is 12.6. The van der Waals surface area contributed by atoms with Crippen LogP contribution in [0.3, 0.4) is 0 Å². The van der Waals surface area contributed by atoms with E-state index in [-0.39, 0.29) is 24.2 Å². The predicted octanol–water partition coefficient (Wildman–Crippen LogP) is 4.79. The van der Waals surface area contributed by atoms with Gasteiger partial charge in [0.15, 0.2) is 0 Å². The van der Waals surface area contributed by atoms with Gasteiger partial charge < -0.3 is 25.2 Å². The van der Waals surface area contributed by atoms with E-state index in [0.29, 0.717) is 30.2 Å². The lowest BCUT2D eigenvalue weighted by atomic mass is 9.73. The van der Waals surface area contributed by atoms with Crippen molar-refractivity contribution in [3.63, 3.8) is 0 Å². The van der Waals surface area contributed by atoms with Crippen molar-refractivity contribution in [1.29, 1.82) is 0 Å². The number of rotatable bonds is 11. The second-order valence-electron chi connectivity index (χ2n) is 12.6. The van der Waals surface area contributed by atoms with Gasteiger partial charge in [0.1, 0.15) is 17.2 Å². The molecule has 0 saturated heterocycles. The molecule has 9 heteroatoms. The average molecular weight is 577 g/mol. The lowest BCUT2D eigenvalue weighted by Gasteiger charge is -2.47. The van der Waals surface area contributed by atoms with Gasteiger partial charge in [0, 0.05) is 55.0 Å². The highest BCUT2D eigenvalue weighted by Crippen LogP contribution is 2.59. The van der Waals surface area contributed by atoms with Crippen LogP contribution in [0.1, 0.15) is 74.6 Å². The Morgan fingerprint density at radius 3 is 2.76 bits per heavy atom. The second kappa shape index (κ2) is 11.4. The number of methoxy groups -OCH3 is 1. The molecule has 1 aliphatic heterocycles. The number of carbonyl (C=O) groups is 1. The molecule has 3 aromatic rings. The molecule has 2 aromatic heterocycles. The molecule has 2 fully saturated rings. The Bertz CT molecular complexity index is 1370. The zero-order valence-corrected chi connectivity index (χ0v) is 24.9. The molecule has 1 aromatic carbocycles. The van der Waals surface area contributed by atoms with Crippen molar-refractivity contribution in [3.05, 3.63) is 64.8 Å². The first kappa shape index (κ1) is 28.3. The number of aliphatic hydroxyl groups is 1. The monoisotopic (exact) mass is 576 g/mol. The number of ether oxygens (including phenoxy) is 2. The van der Waals surface area contributed by atoms with E-state index >= 15 is 0 Å². The number of pyridine rings is 1. The summed E-state index contributed by atoms with van der Waals surface area (Å²) in [6, 6.07) is 9.91. The number of thiazole rings is 1. The summed E-state index contributed by atoms with van der Waals surface area (Å²) in [4.78, 5) is 21.8. The SMILES string of the molecule is COCC(=O)NC(Cc1cccc(-c2nccs2)c1)[C@H](O)CN[C@H]1CC2(CCC2)Oc2ncc(C3CC3(C)C)cc21. The van der Waals surface area contributed by atoms with Crippen molar-refractivity contribution in [2.75, 3.05) is 20.3 Å². The number of nitrogens with one attached hydrogen (secondary N) is 2. The minimum absolute atomic E-state index is 0.0200. The van der Waals surface area contributed by atoms with Crippen LogP contribution in [-0.2, 0) is 16.0 Å². The van der Waals surface area contributed by atoms with Gasteiger partial charge in [0.05, 0.1) is 12.1 Å². The van der Waals surface area contributed by atoms with Gasteiger partial charge in [-0.15, -0.1) is 11.3 Å². The van der Waals surface area contributed by atoms with E-state index in [2.05, 4.69) is 41.6 Å². The maximum absolute atomic E-state index is 12.6. The van der Waals surface area contributed by atoms with Crippen molar-refractivity contribution in [3.8, 4) is 16.5 Å². The maximum Gasteiger partial charge on any atom is 0.246 e. The third-order valence-corrected chi connectivity index (χ3v) is 9.89. The fourth-order valence-corrected chi connectivity index (χ4v) is 6.99. The van der Waals surface area contributed by atoms with Crippen molar-refractivity contribution < 1.29 is 19.4 Å². The highest BCUT2D eigenvalue weighted by molar-refractivity contribution is 7.13. The Morgan fingerprint density at radius 2 is 2.07 bits per heavy atom. The molecule has 2 saturated carbocycles. The van der Waals surface area contributed by atoms with Crippen LogP contribution in [0, 0.1) is 5.41 Å². The van der Waals surface area contributed by atoms with Gasteiger partial charge in [-0.05, 0) is 66.7 Å². The first-order valence-electron chi connectivity index (χ1n) is 14.6. The highest BCUT2D eigenvalue weighted by atomic mass is 32.1. The van der Waals surface area contributed by atoms with Crippen LogP contribution in [0.25, 0.3) is 10.6 Å². The second-order valence-corrected chi connectivity index (χ2v) is 13.5. The molecule has 2 aliphatic carbocycles. The third-order valence-electron chi connectivity index (χ3n) is 9.07. The molecule has 4 atom stereocenters. The fourth-order valence-electron chi connectivity index (χ4n) is 6.36. The summed E-state index contributed by atoms with van der Waals surface area (Å²) in [6.45, 7) is 4.86. The molecule has 0 bridgehead atoms. The minimum Gasteiger partial charge on any atom is -0.471 e. The Morgan fingerprint density at radius 1 is 1.24 bits per heavy atom. The van der Waals surface area contributed by atoms with Crippen LogP contribution < -0.4 is 15.4 Å². The molecular formula is C32H40N4O4S. The van der Waals surface area contributed by atoms with Gasteiger partial charge in [-0.2, -0.15) is 0 Å². The van der Waals surface area contributed by atoms with Crippen LogP contribution in [0.4, 0.5) is 0 Å². The summed E-state index contributed by atoms with van der Waals surface area (Å²) in [5, 5.41) is 21.0. The highest BCUT2D eigenvalue weighted by Gasteiger charge is 2.49. The van der Waals surface area contributed by atoms with E-state index in [1.165, 1.54) is 19.1 Å². The number of aromatic nitrogens is 2. The van der Waals surface area contributed by atoms with Crippen LogP contribution in [0.2, 0.25) is 0 Å². The molecule has 2 unspecified atom stereocenters. The minimum atomic E-state index is -0.818. The van der Waals surface area contributed by atoms with Gasteiger partial charge in [0.2, 0.25) is 11.8 Å². The van der Waals surface area contributed by atoms with E-state index in [1.54, 1.807) is 17.5 Å². The zero-order chi connectivity index (χ0) is 28.6. The summed E-state index contributed by atoms with van der Waals surface area (Å²) in [6.07, 6.45) is 8.67. The van der Waals surface area contributed by atoms with Crippen LogP contribution in [-0.4, -0.2) is 59.0 Å². The summed E-state index contributed by atoms with van der Waals surface area (Å²) in [5.74, 6) is 0.985. The molecule has 0 radical (unpaired) electrons. The molecule has 3 N–H and O–H groups in total. The molecule has 3 heterocycles. The van der Waals surface area contributed by atoms with Gasteiger partial charge >= 0.3 is 0 Å². The van der Waals surface area contributed by atoms with E-state index in [0.717, 1.165) is 47.4 Å². The summed E-state index contributed by atoms with van der Waals surface area (Å²) in [7, 11) is 1.49. The molecule has 41 heavy (non-hydrogen) atoms. The number of amides is 1. The zero-order valence-electron chi connectivity index (χ0n) is 24.1. The van der Waals surface area contributed by atoms with Gasteiger partial charge in [-0.1, -0.05) is 32.0 Å². The molecule has 8 nitrogen and oxygen atoms in total. The molecular weight excluding hydrogens is 536 g/mol. The summed E-state index contributed by atoms with van der Waals surface area (Å²) >= 11 is 1.59. The van der Waals surface area contributed by atoms with Crippen LogP contribution >= 0.6 is 11.3 Å². The average Bonchev–Trinajstić information content (AvgIpc) is 3.30. The Labute approximate surface area is 245 Å². The fraction of sp³-hybridized carbons (Fsp3) is 0.531. The van der Waals surface area contributed by atoms with Crippen molar-refractivity contribution in [2.45, 2.75) is 82.1 Å².